The van der Waals surface area contributed by atoms with Crippen LogP contribution in [0.4, 0.5) is 0 Å². The van der Waals surface area contributed by atoms with Gasteiger partial charge in [0.15, 0.2) is 0 Å². The van der Waals surface area contributed by atoms with Gasteiger partial charge in [0.2, 0.25) is 0 Å². The second-order valence-corrected chi connectivity index (χ2v) is 6.14. The first-order valence-corrected chi connectivity index (χ1v) is 7.69. The van der Waals surface area contributed by atoms with Gasteiger partial charge in [-0.25, -0.2) is 4.98 Å². The summed E-state index contributed by atoms with van der Waals surface area (Å²) in [5.74, 6) is 1.51. The van der Waals surface area contributed by atoms with Crippen LogP contribution in [0.1, 0.15) is 25.7 Å². The van der Waals surface area contributed by atoms with Crippen molar-refractivity contribution in [1.82, 2.24) is 9.55 Å². The summed E-state index contributed by atoms with van der Waals surface area (Å²) < 4.78 is 7.45. The number of benzene rings is 1. The topological polar surface area (TPSA) is 27.1 Å². The first kappa shape index (κ1) is 15.9. The average molecular weight is 336 g/mol. The van der Waals surface area contributed by atoms with Gasteiger partial charge < -0.3 is 9.30 Å². The highest BCUT2D eigenvalue weighted by atomic mass is 35.5. The van der Waals surface area contributed by atoms with Crippen molar-refractivity contribution in [2.24, 2.45) is 5.92 Å². The molecule has 0 saturated carbocycles. The molecule has 0 radical (unpaired) electrons. The molecule has 0 bridgehead atoms. The Labute approximate surface area is 133 Å². The molecule has 6 heteroatoms. The number of methoxy groups -OCH3 is 1. The highest BCUT2D eigenvalue weighted by Crippen LogP contribution is 2.32. The molecular formula is C14H17Cl3N2O. The average Bonchev–Trinajstić information content (AvgIpc) is 2.74. The zero-order valence-electron chi connectivity index (χ0n) is 11.7. The highest BCUT2D eigenvalue weighted by Gasteiger charge is 2.22. The predicted molar refractivity (Wildman–Crippen MR) is 85.1 cm³/mol. The minimum atomic E-state index is 0.149. The maximum Gasteiger partial charge on any atom is 0.125 e. The smallest absolute Gasteiger partial charge is 0.125 e. The minimum Gasteiger partial charge on any atom is -0.383 e. The van der Waals surface area contributed by atoms with Crippen molar-refractivity contribution in [3.05, 3.63) is 28.0 Å². The third-order valence-corrected chi connectivity index (χ3v) is 4.32. The number of alkyl halides is 1. The third kappa shape index (κ3) is 2.91. The van der Waals surface area contributed by atoms with Crippen molar-refractivity contribution >= 4 is 45.8 Å². The standard InChI is InChI=1S/C14H17Cl3N2O/c1-8(2)13(7-20-3)19-12-5-10(17)9(16)4-11(12)18-14(19)6-15/h4-5,8,13H,6-7H2,1-3H3. The van der Waals surface area contributed by atoms with E-state index in [1.54, 1.807) is 13.2 Å². The molecule has 2 aromatic rings. The number of hydrogen-bond acceptors (Lipinski definition) is 2. The van der Waals surface area contributed by atoms with E-state index in [0.717, 1.165) is 16.9 Å². The van der Waals surface area contributed by atoms with Gasteiger partial charge >= 0.3 is 0 Å². The van der Waals surface area contributed by atoms with Crippen molar-refractivity contribution in [3.63, 3.8) is 0 Å². The summed E-state index contributed by atoms with van der Waals surface area (Å²) >= 11 is 18.2. The van der Waals surface area contributed by atoms with Crippen molar-refractivity contribution in [2.75, 3.05) is 13.7 Å². The zero-order chi connectivity index (χ0) is 14.9. The van der Waals surface area contributed by atoms with E-state index in [0.29, 0.717) is 28.5 Å². The van der Waals surface area contributed by atoms with Gasteiger partial charge in [-0.3, -0.25) is 0 Å². The molecule has 3 nitrogen and oxygen atoms in total. The molecule has 20 heavy (non-hydrogen) atoms. The number of ether oxygens (including phenoxy) is 1. The van der Waals surface area contributed by atoms with Gasteiger partial charge in [0.25, 0.3) is 0 Å². The SMILES string of the molecule is COCC(C(C)C)n1c(CCl)nc2cc(Cl)c(Cl)cc21. The lowest BCUT2D eigenvalue weighted by atomic mass is 10.0. The first-order chi connectivity index (χ1) is 9.49. The summed E-state index contributed by atoms with van der Waals surface area (Å²) in [6.07, 6.45) is 0. The Bertz CT molecular complexity index is 610. The number of halogens is 3. The van der Waals surface area contributed by atoms with E-state index in [1.807, 2.05) is 6.07 Å². The van der Waals surface area contributed by atoms with Gasteiger partial charge in [0.1, 0.15) is 5.82 Å². The van der Waals surface area contributed by atoms with E-state index in [2.05, 4.69) is 23.4 Å². The van der Waals surface area contributed by atoms with E-state index in [4.69, 9.17) is 39.5 Å². The van der Waals surface area contributed by atoms with Gasteiger partial charge in [-0.05, 0) is 18.1 Å². The first-order valence-electron chi connectivity index (χ1n) is 6.40. The minimum absolute atomic E-state index is 0.149. The molecule has 0 N–H and O–H groups in total. The molecule has 1 atom stereocenters. The lowest BCUT2D eigenvalue weighted by molar-refractivity contribution is 0.134. The summed E-state index contributed by atoms with van der Waals surface area (Å²) in [4.78, 5) is 4.55. The van der Waals surface area contributed by atoms with Crippen LogP contribution in [0.5, 0.6) is 0 Å². The second-order valence-electron chi connectivity index (χ2n) is 5.05. The fraction of sp³-hybridized carbons (Fsp3) is 0.500. The van der Waals surface area contributed by atoms with E-state index in [1.165, 1.54) is 0 Å². The number of imidazole rings is 1. The number of rotatable bonds is 5. The summed E-state index contributed by atoms with van der Waals surface area (Å²) in [7, 11) is 1.69. The molecule has 2 rings (SSSR count). The summed E-state index contributed by atoms with van der Waals surface area (Å²) in [6.45, 7) is 4.88. The maximum atomic E-state index is 6.14. The Morgan fingerprint density at radius 2 is 1.90 bits per heavy atom. The molecule has 1 aromatic carbocycles. The Balaban J connectivity index is 2.68. The number of hydrogen-bond donors (Lipinski definition) is 0. The molecule has 0 aliphatic heterocycles. The van der Waals surface area contributed by atoms with Crippen LogP contribution in [-0.2, 0) is 10.6 Å². The Morgan fingerprint density at radius 1 is 1.25 bits per heavy atom. The van der Waals surface area contributed by atoms with Crippen LogP contribution < -0.4 is 0 Å². The summed E-state index contributed by atoms with van der Waals surface area (Å²) in [6, 6.07) is 3.76. The van der Waals surface area contributed by atoms with E-state index in [9.17, 15) is 0 Å². The summed E-state index contributed by atoms with van der Waals surface area (Å²) in [5, 5.41) is 1.01. The third-order valence-electron chi connectivity index (χ3n) is 3.36. The lowest BCUT2D eigenvalue weighted by Gasteiger charge is -2.24. The van der Waals surface area contributed by atoms with Crippen LogP contribution in [0.25, 0.3) is 11.0 Å². The molecule has 1 heterocycles. The Kier molecular flexibility index (Phi) is 5.19. The van der Waals surface area contributed by atoms with Crippen LogP contribution in [0.15, 0.2) is 12.1 Å². The number of nitrogens with zero attached hydrogens (tertiary/aromatic N) is 2. The zero-order valence-corrected chi connectivity index (χ0v) is 13.9. The fourth-order valence-corrected chi connectivity index (χ4v) is 2.84. The number of aromatic nitrogens is 2. The summed E-state index contributed by atoms with van der Waals surface area (Å²) in [5.41, 5.74) is 1.74. The highest BCUT2D eigenvalue weighted by molar-refractivity contribution is 6.42. The van der Waals surface area contributed by atoms with Crippen LogP contribution >= 0.6 is 34.8 Å². The second kappa shape index (κ2) is 6.52. The molecule has 1 aromatic heterocycles. The van der Waals surface area contributed by atoms with Gasteiger partial charge in [-0.1, -0.05) is 37.0 Å². The van der Waals surface area contributed by atoms with E-state index >= 15 is 0 Å². The molecule has 0 aliphatic carbocycles. The Hall–Kier alpha value is -0.480. The van der Waals surface area contributed by atoms with Crippen LogP contribution in [0.3, 0.4) is 0 Å². The van der Waals surface area contributed by atoms with Crippen molar-refractivity contribution in [3.8, 4) is 0 Å². The molecule has 0 aliphatic rings. The van der Waals surface area contributed by atoms with E-state index in [-0.39, 0.29) is 6.04 Å². The van der Waals surface area contributed by atoms with Gasteiger partial charge in [-0.15, -0.1) is 11.6 Å². The quantitative estimate of drug-likeness (QED) is 0.725. The van der Waals surface area contributed by atoms with Gasteiger partial charge in [0, 0.05) is 7.11 Å². The van der Waals surface area contributed by atoms with Crippen molar-refractivity contribution in [1.29, 1.82) is 0 Å². The van der Waals surface area contributed by atoms with Crippen LogP contribution in [0, 0.1) is 5.92 Å². The Morgan fingerprint density at radius 3 is 2.45 bits per heavy atom. The molecule has 0 fully saturated rings. The monoisotopic (exact) mass is 334 g/mol. The lowest BCUT2D eigenvalue weighted by Crippen LogP contribution is -2.22. The van der Waals surface area contributed by atoms with Crippen LogP contribution in [-0.4, -0.2) is 23.3 Å². The molecule has 0 saturated heterocycles. The molecule has 1 unspecified atom stereocenters. The number of fused-ring (bicyclic) bond motifs is 1. The van der Waals surface area contributed by atoms with Crippen LogP contribution in [0.2, 0.25) is 10.0 Å². The van der Waals surface area contributed by atoms with E-state index < -0.39 is 0 Å². The van der Waals surface area contributed by atoms with Crippen molar-refractivity contribution < 1.29 is 4.74 Å². The van der Waals surface area contributed by atoms with Gasteiger partial charge in [0.05, 0.1) is 39.6 Å². The molecule has 0 amide bonds. The predicted octanol–water partition coefficient (Wildman–Crippen LogP) is 4.93. The fourth-order valence-electron chi connectivity index (χ4n) is 2.34. The van der Waals surface area contributed by atoms with Crippen molar-refractivity contribution in [2.45, 2.75) is 25.8 Å². The molecule has 110 valence electrons. The molecule has 0 spiro atoms. The molecular weight excluding hydrogens is 319 g/mol. The largest absolute Gasteiger partial charge is 0.383 e. The van der Waals surface area contributed by atoms with Gasteiger partial charge in [-0.2, -0.15) is 0 Å². The maximum absolute atomic E-state index is 6.14. The normalized spacial score (nSPS) is 13.3.